The van der Waals surface area contributed by atoms with E-state index >= 15 is 0 Å². The number of allylic oxidation sites excluding steroid dienone is 1. The molecule has 3 heterocycles. The Morgan fingerprint density at radius 3 is 2.26 bits per heavy atom. The number of nitrogens with zero attached hydrogens (tertiary/aromatic N) is 3. The van der Waals surface area contributed by atoms with Crippen LogP contribution in [0.25, 0.3) is 0 Å². The fourth-order valence-corrected chi connectivity index (χ4v) is 8.25. The van der Waals surface area contributed by atoms with Gasteiger partial charge in [0.05, 0.1) is 0 Å². The number of nitrogens with one attached hydrogen (secondary N) is 3. The van der Waals surface area contributed by atoms with Gasteiger partial charge in [-0.2, -0.15) is 0 Å². The third kappa shape index (κ3) is 10.9. The lowest BCUT2D eigenvalue weighted by atomic mass is 10.00. The Kier molecular flexibility index (Phi) is 14.8. The smallest absolute Gasteiger partial charge is 0.328 e. The van der Waals surface area contributed by atoms with Crippen LogP contribution in [-0.2, 0) is 44.7 Å². The zero-order valence-corrected chi connectivity index (χ0v) is 33.3. The number of cyclic esters (lactones) is 1. The second-order valence-corrected chi connectivity index (χ2v) is 15.9. The number of likely N-dealkylation sites (N-methyl/N-ethyl adjacent to an activating group) is 1. The summed E-state index contributed by atoms with van der Waals surface area (Å²) in [6, 6.07) is -4.35. The molecule has 4 fully saturated rings. The first-order chi connectivity index (χ1) is 27.2. The summed E-state index contributed by atoms with van der Waals surface area (Å²) < 4.78 is 34.3. The quantitative estimate of drug-likeness (QED) is 0.205. The van der Waals surface area contributed by atoms with Crippen molar-refractivity contribution in [1.29, 1.82) is 0 Å². The average molecular weight is 799 g/mol. The fourth-order valence-electron chi connectivity index (χ4n) is 8.25. The van der Waals surface area contributed by atoms with E-state index in [0.29, 0.717) is 18.9 Å². The Hall–Kier alpha value is -4.89. The molecule has 4 aliphatic rings. The van der Waals surface area contributed by atoms with Crippen molar-refractivity contribution in [2.45, 2.75) is 128 Å². The van der Waals surface area contributed by atoms with Crippen LogP contribution in [0.2, 0.25) is 0 Å². The summed E-state index contributed by atoms with van der Waals surface area (Å²) in [5.74, 6) is -6.38. The van der Waals surface area contributed by atoms with Crippen LogP contribution in [0.1, 0.15) is 90.5 Å². The number of rotatable bonds is 8. The van der Waals surface area contributed by atoms with Crippen molar-refractivity contribution in [3.63, 3.8) is 0 Å². The molecule has 3 N–H and O–H groups in total. The molecular formula is C41H56F2N6O8. The summed E-state index contributed by atoms with van der Waals surface area (Å²) in [5, 5.41) is 7.90. The monoisotopic (exact) mass is 798 g/mol. The Labute approximate surface area is 332 Å². The molecule has 57 heavy (non-hydrogen) atoms. The minimum absolute atomic E-state index is 0.0460. The van der Waals surface area contributed by atoms with E-state index in [1.54, 1.807) is 6.08 Å². The zero-order chi connectivity index (χ0) is 41.4. The van der Waals surface area contributed by atoms with Crippen molar-refractivity contribution in [3.8, 4) is 0 Å². The molecule has 7 atom stereocenters. The van der Waals surface area contributed by atoms with Gasteiger partial charge in [0.15, 0.2) is 0 Å². The van der Waals surface area contributed by atoms with Crippen LogP contribution >= 0.6 is 0 Å². The third-order valence-electron chi connectivity index (χ3n) is 11.8. The molecule has 0 unspecified atom stereocenters. The van der Waals surface area contributed by atoms with Crippen molar-refractivity contribution in [1.82, 2.24) is 30.7 Å². The molecule has 3 saturated heterocycles. The summed E-state index contributed by atoms with van der Waals surface area (Å²) in [5.41, 5.74) is 0.0635. The molecule has 16 heteroatoms. The number of hydrogen-bond acceptors (Lipinski definition) is 8. The first-order valence-electron chi connectivity index (χ1n) is 20.2. The number of hydrogen-bond donors (Lipinski definition) is 3. The van der Waals surface area contributed by atoms with Crippen LogP contribution in [0.4, 0.5) is 8.78 Å². The minimum atomic E-state index is -1.56. The number of amides is 6. The molecule has 1 aromatic rings. The van der Waals surface area contributed by atoms with Crippen molar-refractivity contribution >= 4 is 41.4 Å². The number of ether oxygens (including phenoxy) is 1. The standard InChI is InChI=1S/C41H56F2N6O8/c1-5-26-20-34-41(56)57-23-32(39(54)48-16-10-13-33(48)40(55)47(4)25(3)36(51)44-24(2)38(53)49(34)22-26)46-37(52)31(19-28-17-29(42)21-30(43)18-28)45-35(50)15-14-27-11-8-6-7-9-12-27/h14-15,17-18,21,24-27,31-34H,5-13,16,19-20,22-23H2,1-4H3,(H,44,51)(H,45,50)(H,46,52)/b15-14+/t24-,25-,26+,31-,32-,33-,34-/m0/s1. The largest absolute Gasteiger partial charge is 0.461 e. The number of carbonyl (C=O) groups excluding carboxylic acids is 7. The normalized spacial score (nSPS) is 27.8. The molecule has 3 aliphatic heterocycles. The van der Waals surface area contributed by atoms with Gasteiger partial charge < -0.3 is 35.4 Å². The Morgan fingerprint density at radius 2 is 1.60 bits per heavy atom. The predicted molar refractivity (Wildman–Crippen MR) is 204 cm³/mol. The highest BCUT2D eigenvalue weighted by Gasteiger charge is 2.45. The Balaban J connectivity index is 1.45. The maximum absolute atomic E-state index is 14.4. The lowest BCUT2D eigenvalue weighted by Gasteiger charge is -2.34. The molecule has 14 nitrogen and oxygen atoms in total. The number of benzene rings is 1. The number of fused-ring (bicyclic) bond motifs is 2. The van der Waals surface area contributed by atoms with Crippen LogP contribution in [0, 0.1) is 23.5 Å². The Bertz CT molecular complexity index is 1700. The molecule has 0 radical (unpaired) electrons. The van der Waals surface area contributed by atoms with E-state index in [0.717, 1.165) is 50.7 Å². The SMILES string of the molecule is CC[C@@H]1C[C@H]2C(=O)OC[C@H](NC(=O)[C@H](Cc3cc(F)cc(F)c3)NC(=O)/C=C/C3CCCCCC3)C(=O)N3CCC[C@H]3C(=O)N(C)[C@@H](C)C(=O)N[C@@H](C)C(=O)N2C1. The average Bonchev–Trinajstić information content (AvgIpc) is 3.77. The van der Waals surface area contributed by atoms with Crippen LogP contribution in [0.5, 0.6) is 0 Å². The number of halogens is 2. The van der Waals surface area contributed by atoms with Crippen molar-refractivity contribution in [2.75, 3.05) is 26.7 Å². The van der Waals surface area contributed by atoms with Crippen LogP contribution in [0.3, 0.4) is 0 Å². The van der Waals surface area contributed by atoms with E-state index in [2.05, 4.69) is 16.0 Å². The summed E-state index contributed by atoms with van der Waals surface area (Å²) >= 11 is 0. The second kappa shape index (κ2) is 19.5. The van der Waals surface area contributed by atoms with E-state index in [4.69, 9.17) is 4.74 Å². The van der Waals surface area contributed by atoms with Crippen molar-refractivity contribution in [2.24, 2.45) is 11.8 Å². The molecule has 1 saturated carbocycles. The van der Waals surface area contributed by atoms with Crippen LogP contribution < -0.4 is 16.0 Å². The van der Waals surface area contributed by atoms with Gasteiger partial charge in [0, 0.05) is 32.6 Å². The second-order valence-electron chi connectivity index (χ2n) is 15.9. The molecule has 6 amide bonds. The highest BCUT2D eigenvalue weighted by molar-refractivity contribution is 5.98. The summed E-state index contributed by atoms with van der Waals surface area (Å²) in [4.78, 5) is 100. The van der Waals surface area contributed by atoms with Crippen molar-refractivity contribution < 1.29 is 47.1 Å². The van der Waals surface area contributed by atoms with Gasteiger partial charge in [-0.25, -0.2) is 13.6 Å². The number of carbonyl (C=O) groups is 7. The molecule has 0 spiro atoms. The molecule has 0 aromatic heterocycles. The fraction of sp³-hybridized carbons (Fsp3) is 0.634. The number of esters is 1. The minimum Gasteiger partial charge on any atom is -0.461 e. The van der Waals surface area contributed by atoms with Gasteiger partial charge >= 0.3 is 5.97 Å². The topological polar surface area (TPSA) is 175 Å². The third-order valence-corrected chi connectivity index (χ3v) is 11.8. The van der Waals surface area contributed by atoms with E-state index < -0.39 is 95.9 Å². The maximum Gasteiger partial charge on any atom is 0.328 e. The zero-order valence-electron chi connectivity index (χ0n) is 33.3. The molecular weight excluding hydrogens is 742 g/mol. The summed E-state index contributed by atoms with van der Waals surface area (Å²) in [6.07, 6.45) is 10.6. The van der Waals surface area contributed by atoms with Crippen LogP contribution in [0.15, 0.2) is 30.4 Å². The maximum atomic E-state index is 14.4. The van der Waals surface area contributed by atoms with Gasteiger partial charge in [-0.05, 0) is 81.6 Å². The first-order valence-corrected chi connectivity index (χ1v) is 20.2. The molecule has 1 aliphatic carbocycles. The van der Waals surface area contributed by atoms with Gasteiger partial charge in [-0.1, -0.05) is 45.1 Å². The van der Waals surface area contributed by atoms with E-state index in [9.17, 15) is 42.3 Å². The van der Waals surface area contributed by atoms with E-state index in [-0.39, 0.29) is 49.8 Å². The van der Waals surface area contributed by atoms with Crippen molar-refractivity contribution in [3.05, 3.63) is 47.5 Å². The summed E-state index contributed by atoms with van der Waals surface area (Å²) in [6.45, 7) is 4.61. The highest BCUT2D eigenvalue weighted by Crippen LogP contribution is 2.28. The molecule has 0 bridgehead atoms. The van der Waals surface area contributed by atoms with Gasteiger partial charge in [0.25, 0.3) is 0 Å². The lowest BCUT2D eigenvalue weighted by Crippen LogP contribution is -2.60. The van der Waals surface area contributed by atoms with E-state index in [1.165, 1.54) is 41.7 Å². The van der Waals surface area contributed by atoms with Gasteiger partial charge in [-0.15, -0.1) is 0 Å². The van der Waals surface area contributed by atoms with Gasteiger partial charge in [-0.3, -0.25) is 28.8 Å². The van der Waals surface area contributed by atoms with Gasteiger partial charge in [0.1, 0.15) is 54.5 Å². The predicted octanol–water partition coefficient (Wildman–Crippen LogP) is 2.53. The lowest BCUT2D eigenvalue weighted by molar-refractivity contribution is -0.158. The first kappa shape index (κ1) is 43.2. The van der Waals surface area contributed by atoms with Gasteiger partial charge in [0.2, 0.25) is 35.4 Å². The molecule has 1 aromatic carbocycles. The van der Waals surface area contributed by atoms with E-state index in [1.807, 2.05) is 6.92 Å². The highest BCUT2D eigenvalue weighted by atomic mass is 19.1. The van der Waals surface area contributed by atoms with Crippen LogP contribution in [-0.4, -0.2) is 119 Å². The molecule has 312 valence electrons. The Morgan fingerprint density at radius 1 is 0.912 bits per heavy atom. The molecule has 5 rings (SSSR count). The summed E-state index contributed by atoms with van der Waals surface area (Å²) in [7, 11) is 1.43.